The lowest BCUT2D eigenvalue weighted by atomic mass is 10.2. The fourth-order valence-electron chi connectivity index (χ4n) is 1.72. The first kappa shape index (κ1) is 15.4. The van der Waals surface area contributed by atoms with Crippen LogP contribution in [-0.2, 0) is 6.54 Å². The van der Waals surface area contributed by atoms with Gasteiger partial charge in [-0.15, -0.1) is 11.3 Å². The van der Waals surface area contributed by atoms with Crippen molar-refractivity contribution in [3.05, 3.63) is 50.6 Å². The van der Waals surface area contributed by atoms with Crippen molar-refractivity contribution in [1.82, 2.24) is 5.32 Å². The first-order valence-electron chi connectivity index (χ1n) is 6.07. The van der Waals surface area contributed by atoms with Crippen LogP contribution in [0.15, 0.2) is 40.2 Å². The number of alkyl halides is 2. The van der Waals surface area contributed by atoms with Gasteiger partial charge in [0.15, 0.2) is 0 Å². The third kappa shape index (κ3) is 4.54. The summed E-state index contributed by atoms with van der Waals surface area (Å²) < 4.78 is 29.5. The maximum Gasteiger partial charge on any atom is 0.387 e. The predicted molar refractivity (Wildman–Crippen MR) is 80.3 cm³/mol. The first-order chi connectivity index (χ1) is 9.54. The van der Waals surface area contributed by atoms with E-state index in [0.717, 1.165) is 9.35 Å². The van der Waals surface area contributed by atoms with Gasteiger partial charge >= 0.3 is 6.61 Å². The summed E-state index contributed by atoms with van der Waals surface area (Å²) >= 11 is 5.13. The van der Waals surface area contributed by atoms with E-state index in [1.165, 1.54) is 4.88 Å². The molecule has 0 aliphatic rings. The molecule has 1 aromatic carbocycles. The highest BCUT2D eigenvalue weighted by atomic mass is 79.9. The van der Waals surface area contributed by atoms with Crippen LogP contribution in [-0.4, -0.2) is 6.61 Å². The highest BCUT2D eigenvalue weighted by Crippen LogP contribution is 2.27. The van der Waals surface area contributed by atoms with Crippen molar-refractivity contribution >= 4 is 27.3 Å². The van der Waals surface area contributed by atoms with Crippen molar-refractivity contribution in [2.24, 2.45) is 0 Å². The SMILES string of the molecule is CC(NCc1ccc(OC(F)F)cc1)c1ccc(Br)s1. The largest absolute Gasteiger partial charge is 0.435 e. The summed E-state index contributed by atoms with van der Waals surface area (Å²) in [6.07, 6.45) is 0. The Labute approximate surface area is 128 Å². The van der Waals surface area contributed by atoms with E-state index < -0.39 is 6.61 Å². The van der Waals surface area contributed by atoms with Crippen molar-refractivity contribution in [3.63, 3.8) is 0 Å². The van der Waals surface area contributed by atoms with Crippen LogP contribution in [0.25, 0.3) is 0 Å². The summed E-state index contributed by atoms with van der Waals surface area (Å²) in [5.41, 5.74) is 1.02. The third-order valence-electron chi connectivity index (χ3n) is 2.78. The van der Waals surface area contributed by atoms with E-state index in [1.807, 2.05) is 6.07 Å². The molecule has 0 spiro atoms. The monoisotopic (exact) mass is 361 g/mol. The number of rotatable bonds is 6. The summed E-state index contributed by atoms with van der Waals surface area (Å²) in [6, 6.07) is 11.0. The van der Waals surface area contributed by atoms with E-state index in [2.05, 4.69) is 39.0 Å². The van der Waals surface area contributed by atoms with Crippen molar-refractivity contribution in [3.8, 4) is 5.75 Å². The number of nitrogens with one attached hydrogen (secondary N) is 1. The Balaban J connectivity index is 1.87. The number of hydrogen-bond acceptors (Lipinski definition) is 3. The number of ether oxygens (including phenoxy) is 1. The zero-order valence-corrected chi connectivity index (χ0v) is 13.2. The van der Waals surface area contributed by atoms with Crippen LogP contribution >= 0.6 is 27.3 Å². The Morgan fingerprint density at radius 1 is 1.20 bits per heavy atom. The summed E-state index contributed by atoms with van der Waals surface area (Å²) in [6.45, 7) is -0.0191. The van der Waals surface area contributed by atoms with E-state index in [-0.39, 0.29) is 11.8 Å². The molecule has 0 aliphatic carbocycles. The molecule has 2 aromatic rings. The topological polar surface area (TPSA) is 21.3 Å². The molecule has 0 saturated heterocycles. The second kappa shape index (κ2) is 7.15. The Kier molecular flexibility index (Phi) is 5.51. The minimum absolute atomic E-state index is 0.180. The fraction of sp³-hybridized carbons (Fsp3) is 0.286. The molecule has 1 aromatic heterocycles. The van der Waals surface area contributed by atoms with Gasteiger partial charge < -0.3 is 10.1 Å². The van der Waals surface area contributed by atoms with Crippen molar-refractivity contribution in [2.75, 3.05) is 0 Å². The van der Waals surface area contributed by atoms with Gasteiger partial charge in [0.2, 0.25) is 0 Å². The Morgan fingerprint density at radius 2 is 1.90 bits per heavy atom. The lowest BCUT2D eigenvalue weighted by Gasteiger charge is -2.12. The summed E-state index contributed by atoms with van der Waals surface area (Å²) in [5, 5.41) is 3.39. The van der Waals surface area contributed by atoms with Crippen molar-refractivity contribution in [2.45, 2.75) is 26.1 Å². The second-order valence-corrected chi connectivity index (χ2v) is 6.76. The molecule has 0 aliphatic heterocycles. The molecule has 108 valence electrons. The van der Waals surface area contributed by atoms with Gasteiger partial charge in [0, 0.05) is 17.5 Å². The predicted octanol–water partition coefficient (Wildman–Crippen LogP) is 4.96. The molecule has 0 saturated carbocycles. The smallest absolute Gasteiger partial charge is 0.387 e. The quantitative estimate of drug-likeness (QED) is 0.784. The Morgan fingerprint density at radius 3 is 2.45 bits per heavy atom. The van der Waals surface area contributed by atoms with E-state index in [1.54, 1.807) is 35.6 Å². The van der Waals surface area contributed by atoms with Gasteiger partial charge in [0.05, 0.1) is 3.79 Å². The maximum atomic E-state index is 12.0. The molecule has 1 N–H and O–H groups in total. The molecule has 0 amide bonds. The third-order valence-corrected chi connectivity index (χ3v) is 4.59. The molecule has 20 heavy (non-hydrogen) atoms. The van der Waals surface area contributed by atoms with Crippen molar-refractivity contribution < 1.29 is 13.5 Å². The molecular formula is C14H14BrF2NOS. The number of benzene rings is 1. The van der Waals surface area contributed by atoms with Gasteiger partial charge in [-0.3, -0.25) is 0 Å². The molecule has 1 atom stereocenters. The van der Waals surface area contributed by atoms with Gasteiger partial charge in [0.25, 0.3) is 0 Å². The van der Waals surface area contributed by atoms with Crippen LogP contribution in [0, 0.1) is 0 Å². The van der Waals surface area contributed by atoms with Crippen molar-refractivity contribution in [1.29, 1.82) is 0 Å². The molecule has 2 nitrogen and oxygen atoms in total. The van der Waals surface area contributed by atoms with Crippen LogP contribution < -0.4 is 10.1 Å². The number of halogens is 3. The Hall–Kier alpha value is -0.980. The molecule has 2 rings (SSSR count). The molecule has 0 bridgehead atoms. The average Bonchev–Trinajstić information content (AvgIpc) is 2.84. The van der Waals surface area contributed by atoms with E-state index >= 15 is 0 Å². The fourth-order valence-corrected chi connectivity index (χ4v) is 3.17. The lowest BCUT2D eigenvalue weighted by Crippen LogP contribution is -2.17. The minimum atomic E-state index is -2.78. The van der Waals surface area contributed by atoms with E-state index in [4.69, 9.17) is 0 Å². The van der Waals surface area contributed by atoms with Crippen LogP contribution in [0.1, 0.15) is 23.4 Å². The highest BCUT2D eigenvalue weighted by molar-refractivity contribution is 9.11. The number of hydrogen-bond donors (Lipinski definition) is 1. The maximum absolute atomic E-state index is 12.0. The molecule has 1 heterocycles. The molecule has 1 unspecified atom stereocenters. The summed E-state index contributed by atoms with van der Waals surface area (Å²) in [4.78, 5) is 1.24. The highest BCUT2D eigenvalue weighted by Gasteiger charge is 2.08. The summed E-state index contributed by atoms with van der Waals surface area (Å²) in [5.74, 6) is 0.180. The molecular weight excluding hydrogens is 348 g/mol. The zero-order valence-electron chi connectivity index (χ0n) is 10.8. The zero-order chi connectivity index (χ0) is 14.5. The van der Waals surface area contributed by atoms with E-state index in [9.17, 15) is 8.78 Å². The standard InChI is InChI=1S/C14H14BrF2NOS/c1-9(12-6-7-13(15)20-12)18-8-10-2-4-11(5-3-10)19-14(16)17/h2-7,9,14,18H,8H2,1H3. The molecule has 0 fully saturated rings. The van der Waals surface area contributed by atoms with Gasteiger partial charge in [-0.2, -0.15) is 8.78 Å². The lowest BCUT2D eigenvalue weighted by molar-refractivity contribution is -0.0498. The Bertz CT molecular complexity index is 544. The van der Waals surface area contributed by atoms with Gasteiger partial charge in [-0.05, 0) is 52.7 Å². The second-order valence-electron chi connectivity index (χ2n) is 4.27. The number of thiophene rings is 1. The van der Waals surface area contributed by atoms with Crippen LogP contribution in [0.3, 0.4) is 0 Å². The average molecular weight is 362 g/mol. The van der Waals surface area contributed by atoms with Gasteiger partial charge in [-0.25, -0.2) is 0 Å². The van der Waals surface area contributed by atoms with Crippen LogP contribution in [0.2, 0.25) is 0 Å². The van der Waals surface area contributed by atoms with E-state index in [0.29, 0.717) is 6.54 Å². The molecule has 0 radical (unpaired) electrons. The van der Waals surface area contributed by atoms with Gasteiger partial charge in [0.1, 0.15) is 5.75 Å². The minimum Gasteiger partial charge on any atom is -0.435 e. The van der Waals surface area contributed by atoms with Crippen LogP contribution in [0.4, 0.5) is 8.78 Å². The first-order valence-corrected chi connectivity index (χ1v) is 7.68. The molecule has 6 heteroatoms. The van der Waals surface area contributed by atoms with Crippen LogP contribution in [0.5, 0.6) is 5.75 Å². The normalized spacial score (nSPS) is 12.7. The summed E-state index contributed by atoms with van der Waals surface area (Å²) in [7, 11) is 0. The van der Waals surface area contributed by atoms with Gasteiger partial charge in [-0.1, -0.05) is 12.1 Å².